The van der Waals surface area contributed by atoms with Crippen molar-refractivity contribution in [1.29, 1.82) is 0 Å². The Kier molecular flexibility index (Phi) is 4.98. The summed E-state index contributed by atoms with van der Waals surface area (Å²) < 4.78 is 10.8. The van der Waals surface area contributed by atoms with E-state index in [1.54, 1.807) is 6.92 Å². The molecule has 0 aliphatic heterocycles. The third kappa shape index (κ3) is 2.94. The number of allylic oxidation sites excluding steroid dienone is 1. The number of hydrogen-bond donors (Lipinski definition) is 2. The summed E-state index contributed by atoms with van der Waals surface area (Å²) in [5.74, 6) is -0.429. The van der Waals surface area contributed by atoms with Crippen LogP contribution < -0.4 is 4.74 Å². The highest BCUT2D eigenvalue weighted by Gasteiger charge is 2.72. The number of aldehydes is 1. The van der Waals surface area contributed by atoms with Crippen LogP contribution in [0.5, 0.6) is 11.5 Å². The molecule has 2 N–H and O–H groups in total. The fourth-order valence-corrected chi connectivity index (χ4v) is 6.54. The van der Waals surface area contributed by atoms with Gasteiger partial charge in [-0.05, 0) is 49.0 Å². The van der Waals surface area contributed by atoms with Gasteiger partial charge in [0.15, 0.2) is 0 Å². The van der Waals surface area contributed by atoms with E-state index in [9.17, 15) is 19.8 Å². The molecule has 2 saturated carbocycles. The first-order valence-electron chi connectivity index (χ1n) is 10.6. The van der Waals surface area contributed by atoms with Gasteiger partial charge in [-0.1, -0.05) is 38.4 Å². The molecule has 4 rings (SSSR count). The van der Waals surface area contributed by atoms with Crippen LogP contribution in [0.25, 0.3) is 0 Å². The smallest absolute Gasteiger partial charge is 0.342 e. The summed E-state index contributed by atoms with van der Waals surface area (Å²) >= 11 is 6.24. The Morgan fingerprint density at radius 3 is 2.55 bits per heavy atom. The quantitative estimate of drug-likeness (QED) is 0.529. The van der Waals surface area contributed by atoms with Crippen molar-refractivity contribution in [2.24, 2.45) is 22.7 Å². The van der Waals surface area contributed by atoms with E-state index in [1.165, 1.54) is 13.2 Å². The van der Waals surface area contributed by atoms with E-state index in [4.69, 9.17) is 21.1 Å². The summed E-state index contributed by atoms with van der Waals surface area (Å²) in [5.41, 5.74) is -1.45. The molecule has 0 amide bonds. The van der Waals surface area contributed by atoms with Crippen molar-refractivity contribution in [1.82, 2.24) is 0 Å². The number of phenolic OH excluding ortho intramolecular Hbond substituents is 1. The van der Waals surface area contributed by atoms with Gasteiger partial charge in [0.25, 0.3) is 0 Å². The molecular weight excluding hydrogens is 420 g/mol. The Bertz CT molecular complexity index is 998. The Morgan fingerprint density at radius 1 is 1.26 bits per heavy atom. The monoisotopic (exact) mass is 448 g/mol. The molecule has 2 fully saturated rings. The highest BCUT2D eigenvalue weighted by Crippen LogP contribution is 2.68. The number of benzene rings is 1. The van der Waals surface area contributed by atoms with E-state index < -0.39 is 23.1 Å². The number of halogens is 1. The van der Waals surface area contributed by atoms with E-state index in [-0.39, 0.29) is 44.9 Å². The van der Waals surface area contributed by atoms with Gasteiger partial charge in [0.05, 0.1) is 12.1 Å². The van der Waals surface area contributed by atoms with Crippen molar-refractivity contribution in [2.75, 3.05) is 7.11 Å². The first-order valence-corrected chi connectivity index (χ1v) is 10.9. The van der Waals surface area contributed by atoms with Crippen LogP contribution in [0, 0.1) is 29.6 Å². The molecule has 7 heteroatoms. The van der Waals surface area contributed by atoms with E-state index in [0.29, 0.717) is 18.3 Å². The minimum absolute atomic E-state index is 0.0738. The molecule has 0 unspecified atom stereocenters. The van der Waals surface area contributed by atoms with Crippen LogP contribution in [0.2, 0.25) is 5.02 Å². The minimum atomic E-state index is -1.55. The fraction of sp³-hybridized carbons (Fsp3) is 0.583. The molecule has 31 heavy (non-hydrogen) atoms. The predicted molar refractivity (Wildman–Crippen MR) is 115 cm³/mol. The first kappa shape index (κ1) is 22.2. The number of carbonyl (C=O) groups is 2. The molecule has 1 aromatic carbocycles. The van der Waals surface area contributed by atoms with Crippen LogP contribution in [-0.4, -0.2) is 41.3 Å². The fourth-order valence-electron chi connectivity index (χ4n) is 6.31. The Hall–Kier alpha value is -2.05. The zero-order valence-electron chi connectivity index (χ0n) is 18.5. The summed E-state index contributed by atoms with van der Waals surface area (Å²) in [6.07, 6.45) is 4.02. The highest BCUT2D eigenvalue weighted by atomic mass is 35.5. The van der Waals surface area contributed by atoms with Gasteiger partial charge >= 0.3 is 5.97 Å². The number of phenols is 1. The van der Waals surface area contributed by atoms with Crippen LogP contribution in [0.15, 0.2) is 17.7 Å². The summed E-state index contributed by atoms with van der Waals surface area (Å²) in [4.78, 5) is 24.9. The van der Waals surface area contributed by atoms with Crippen molar-refractivity contribution in [3.8, 4) is 11.5 Å². The molecular formula is C24H29ClO6. The van der Waals surface area contributed by atoms with Gasteiger partial charge in [-0.2, -0.15) is 0 Å². The third-order valence-corrected chi connectivity index (χ3v) is 8.39. The van der Waals surface area contributed by atoms with Gasteiger partial charge in [-0.15, -0.1) is 0 Å². The zero-order chi connectivity index (χ0) is 22.9. The summed E-state index contributed by atoms with van der Waals surface area (Å²) in [6, 6.07) is 1.26. The van der Waals surface area contributed by atoms with Gasteiger partial charge in [0.2, 0.25) is 0 Å². The molecule has 1 aromatic rings. The largest absolute Gasteiger partial charge is 0.507 e. The lowest BCUT2D eigenvalue weighted by Crippen LogP contribution is -2.72. The lowest BCUT2D eigenvalue weighted by atomic mass is 9.44. The molecule has 3 aliphatic carbocycles. The molecule has 3 aliphatic rings. The standard InChI is InChI=1S/C24H29ClO6/c1-12-19(16(27)7-17(30-5)20(12)25)21(28)31-18-10-23(4)15-9-22(2,3)8-13(15)6-14(11-26)24(18,23)29/h6-7,11,13,15,18,27,29H,8-10H2,1-5H3/t13-,15+,18-,23-,24-/m1/s1. The van der Waals surface area contributed by atoms with Crippen molar-refractivity contribution in [3.63, 3.8) is 0 Å². The van der Waals surface area contributed by atoms with Crippen molar-refractivity contribution < 1.29 is 29.3 Å². The predicted octanol–water partition coefficient (Wildman–Crippen LogP) is 4.22. The number of fused-ring (bicyclic) bond motifs is 3. The van der Waals surface area contributed by atoms with E-state index in [2.05, 4.69) is 13.8 Å². The van der Waals surface area contributed by atoms with Gasteiger partial charge in [-0.3, -0.25) is 4.79 Å². The lowest BCUT2D eigenvalue weighted by molar-refractivity contribution is -0.246. The number of esters is 1. The molecule has 0 radical (unpaired) electrons. The van der Waals surface area contributed by atoms with E-state index in [0.717, 1.165) is 12.8 Å². The van der Waals surface area contributed by atoms with Crippen LogP contribution in [0.4, 0.5) is 0 Å². The van der Waals surface area contributed by atoms with Crippen LogP contribution in [0.3, 0.4) is 0 Å². The second-order valence-electron chi connectivity index (χ2n) is 10.3. The summed E-state index contributed by atoms with van der Waals surface area (Å²) in [6.45, 7) is 7.98. The summed E-state index contributed by atoms with van der Waals surface area (Å²) in [5, 5.41) is 22.3. The van der Waals surface area contributed by atoms with E-state index >= 15 is 0 Å². The second kappa shape index (κ2) is 6.97. The Labute approximate surface area is 187 Å². The Morgan fingerprint density at radius 2 is 1.94 bits per heavy atom. The maximum absolute atomic E-state index is 13.0. The maximum Gasteiger partial charge on any atom is 0.342 e. The third-order valence-electron chi connectivity index (χ3n) is 7.92. The number of aromatic hydroxyl groups is 1. The first-order chi connectivity index (χ1) is 14.4. The number of aliphatic hydroxyl groups is 1. The average Bonchev–Trinajstić information content (AvgIpc) is 3.01. The van der Waals surface area contributed by atoms with Crippen molar-refractivity contribution in [2.45, 2.75) is 58.7 Å². The zero-order valence-corrected chi connectivity index (χ0v) is 19.2. The molecule has 6 nitrogen and oxygen atoms in total. The number of carbonyl (C=O) groups excluding carboxylic acids is 2. The molecule has 0 saturated heterocycles. The Balaban J connectivity index is 1.66. The van der Waals surface area contributed by atoms with Gasteiger partial charge in [-0.25, -0.2) is 4.79 Å². The van der Waals surface area contributed by atoms with Gasteiger partial charge in [0, 0.05) is 17.1 Å². The highest BCUT2D eigenvalue weighted by molar-refractivity contribution is 6.33. The number of methoxy groups -OCH3 is 1. The topological polar surface area (TPSA) is 93.1 Å². The number of hydrogen-bond acceptors (Lipinski definition) is 6. The molecule has 0 spiro atoms. The molecule has 168 valence electrons. The SMILES string of the molecule is COc1cc(O)c(C(=O)O[C@@H]2C[C@]3(C)[C@H]4CC(C)(C)C[C@H]4C=C(C=O)[C@@]23O)c(C)c1Cl. The van der Waals surface area contributed by atoms with Crippen LogP contribution in [-0.2, 0) is 9.53 Å². The van der Waals surface area contributed by atoms with Gasteiger partial charge in [0.1, 0.15) is 35.1 Å². The minimum Gasteiger partial charge on any atom is -0.507 e. The normalized spacial score (nSPS) is 35.3. The van der Waals surface area contributed by atoms with E-state index in [1.807, 2.05) is 13.0 Å². The van der Waals surface area contributed by atoms with Crippen molar-refractivity contribution >= 4 is 23.9 Å². The number of rotatable bonds is 4. The summed E-state index contributed by atoms with van der Waals surface area (Å²) in [7, 11) is 1.41. The molecule has 0 heterocycles. The molecule has 0 bridgehead atoms. The maximum atomic E-state index is 13.0. The van der Waals surface area contributed by atoms with Gasteiger partial charge < -0.3 is 19.7 Å². The second-order valence-corrected chi connectivity index (χ2v) is 10.7. The van der Waals surface area contributed by atoms with Crippen LogP contribution >= 0.6 is 11.6 Å². The molecule has 0 aromatic heterocycles. The average molecular weight is 449 g/mol. The lowest BCUT2D eigenvalue weighted by Gasteiger charge is -2.64. The van der Waals surface area contributed by atoms with Crippen molar-refractivity contribution in [3.05, 3.63) is 33.9 Å². The molecule has 5 atom stereocenters. The number of ether oxygens (including phenoxy) is 2. The van der Waals surface area contributed by atoms with Crippen LogP contribution in [0.1, 0.15) is 56.0 Å².